The molecule has 0 saturated heterocycles. The van der Waals surface area contributed by atoms with Gasteiger partial charge in [0, 0.05) is 10.6 Å². The average Bonchev–Trinajstić information content (AvgIpc) is 3.11. The Labute approximate surface area is 177 Å². The number of aromatic nitrogens is 3. The zero-order chi connectivity index (χ0) is 20.8. The number of rotatable bonds is 6. The van der Waals surface area contributed by atoms with Crippen molar-refractivity contribution in [3.05, 3.63) is 59.1 Å². The number of hydrogen-bond acceptors (Lipinski definition) is 6. The molecule has 0 spiro atoms. The van der Waals surface area contributed by atoms with E-state index in [2.05, 4.69) is 15.5 Å². The Morgan fingerprint density at radius 2 is 1.86 bits per heavy atom. The lowest BCUT2D eigenvalue weighted by atomic mass is 10.1. The van der Waals surface area contributed by atoms with Gasteiger partial charge in [-0.1, -0.05) is 41.6 Å². The van der Waals surface area contributed by atoms with Gasteiger partial charge in [-0.15, -0.1) is 10.2 Å². The van der Waals surface area contributed by atoms with E-state index in [0.717, 1.165) is 16.8 Å². The lowest BCUT2D eigenvalue weighted by Crippen LogP contribution is -2.32. The highest BCUT2D eigenvalue weighted by atomic mass is 35.5. The number of aryl methyl sites for hydroxylation is 1. The van der Waals surface area contributed by atoms with Crippen LogP contribution in [0.1, 0.15) is 12.5 Å². The summed E-state index contributed by atoms with van der Waals surface area (Å²) in [5.74, 6) is 0.147. The first-order chi connectivity index (χ1) is 14.0. The number of thioether (sulfide) groups is 1. The molecule has 3 rings (SSSR count). The van der Waals surface area contributed by atoms with Crippen molar-refractivity contribution in [2.24, 2.45) is 0 Å². The molecule has 0 radical (unpaired) electrons. The topological polar surface area (TPSA) is 86.1 Å². The lowest BCUT2D eigenvalue weighted by Gasteiger charge is -2.13. The number of halogens is 1. The van der Waals surface area contributed by atoms with Crippen LogP contribution in [0.3, 0.4) is 0 Å². The maximum Gasteiger partial charge on any atom is 0.413 e. The van der Waals surface area contributed by atoms with Gasteiger partial charge in [-0.2, -0.15) is 0 Å². The maximum absolute atomic E-state index is 12.0. The minimum Gasteiger partial charge on any atom is -0.450 e. The van der Waals surface area contributed by atoms with Gasteiger partial charge in [-0.25, -0.2) is 4.79 Å². The van der Waals surface area contributed by atoms with Crippen LogP contribution in [-0.2, 0) is 9.53 Å². The van der Waals surface area contributed by atoms with Gasteiger partial charge in [-0.3, -0.25) is 14.7 Å². The van der Waals surface area contributed by atoms with E-state index >= 15 is 0 Å². The molecular formula is C20H19ClN4O3S. The minimum atomic E-state index is -0.764. The van der Waals surface area contributed by atoms with E-state index in [1.54, 1.807) is 19.1 Å². The number of amides is 2. The summed E-state index contributed by atoms with van der Waals surface area (Å²) in [6, 6.07) is 15.1. The van der Waals surface area contributed by atoms with Gasteiger partial charge in [0.05, 0.1) is 18.0 Å². The summed E-state index contributed by atoms with van der Waals surface area (Å²) in [7, 11) is 0. The van der Waals surface area contributed by atoms with Gasteiger partial charge >= 0.3 is 6.09 Å². The predicted molar refractivity (Wildman–Crippen MR) is 112 cm³/mol. The number of benzene rings is 2. The first kappa shape index (κ1) is 20.9. The summed E-state index contributed by atoms with van der Waals surface area (Å²) in [5, 5.41) is 11.9. The van der Waals surface area contributed by atoms with Crippen molar-refractivity contribution in [2.45, 2.75) is 19.0 Å². The molecule has 0 bridgehead atoms. The SMILES string of the molecule is CCOC(=O)NC(=O)CSc1nnc(-c2ccc(Cl)cc2)n1-c1ccccc1C. The summed E-state index contributed by atoms with van der Waals surface area (Å²) in [5.41, 5.74) is 2.77. The molecule has 0 fully saturated rings. The molecule has 150 valence electrons. The zero-order valence-corrected chi connectivity index (χ0v) is 17.5. The molecule has 7 nitrogen and oxygen atoms in total. The van der Waals surface area contributed by atoms with Crippen LogP contribution in [0.15, 0.2) is 53.7 Å². The molecule has 1 heterocycles. The molecule has 1 aromatic heterocycles. The van der Waals surface area contributed by atoms with Crippen LogP contribution >= 0.6 is 23.4 Å². The van der Waals surface area contributed by atoms with E-state index < -0.39 is 12.0 Å². The molecule has 1 N–H and O–H groups in total. The highest BCUT2D eigenvalue weighted by Crippen LogP contribution is 2.30. The van der Waals surface area contributed by atoms with Crippen LogP contribution in [-0.4, -0.2) is 39.1 Å². The second-order valence-electron chi connectivity index (χ2n) is 5.99. The fourth-order valence-electron chi connectivity index (χ4n) is 2.63. The highest BCUT2D eigenvalue weighted by molar-refractivity contribution is 7.99. The van der Waals surface area contributed by atoms with Crippen LogP contribution in [0.25, 0.3) is 17.1 Å². The van der Waals surface area contributed by atoms with Crippen LogP contribution in [0, 0.1) is 6.92 Å². The summed E-state index contributed by atoms with van der Waals surface area (Å²) >= 11 is 7.19. The number of ether oxygens (including phenoxy) is 1. The van der Waals surface area contributed by atoms with E-state index in [-0.39, 0.29) is 12.4 Å². The minimum absolute atomic E-state index is 0.0105. The third-order valence-corrected chi connectivity index (χ3v) is 5.12. The fraction of sp³-hybridized carbons (Fsp3) is 0.200. The van der Waals surface area contributed by atoms with E-state index in [9.17, 15) is 9.59 Å². The van der Waals surface area contributed by atoms with E-state index in [0.29, 0.717) is 16.0 Å². The van der Waals surface area contributed by atoms with Crippen molar-refractivity contribution in [2.75, 3.05) is 12.4 Å². The molecule has 0 aliphatic carbocycles. The Morgan fingerprint density at radius 3 is 2.55 bits per heavy atom. The van der Waals surface area contributed by atoms with Crippen molar-refractivity contribution in [3.63, 3.8) is 0 Å². The van der Waals surface area contributed by atoms with E-state index in [4.69, 9.17) is 16.3 Å². The smallest absolute Gasteiger partial charge is 0.413 e. The molecule has 0 unspecified atom stereocenters. The number of imide groups is 1. The molecule has 0 saturated carbocycles. The molecule has 0 aliphatic rings. The monoisotopic (exact) mass is 430 g/mol. The number of nitrogens with zero attached hydrogens (tertiary/aromatic N) is 3. The third kappa shape index (κ3) is 5.16. The van der Waals surface area contributed by atoms with Crippen molar-refractivity contribution in [1.82, 2.24) is 20.1 Å². The Hall–Kier alpha value is -2.84. The molecule has 2 amide bonds. The van der Waals surface area contributed by atoms with Crippen molar-refractivity contribution in [1.29, 1.82) is 0 Å². The molecule has 9 heteroatoms. The van der Waals surface area contributed by atoms with Crippen LogP contribution < -0.4 is 5.32 Å². The van der Waals surface area contributed by atoms with Gasteiger partial charge in [-0.05, 0) is 49.7 Å². The molecule has 0 aliphatic heterocycles. The molecular weight excluding hydrogens is 412 g/mol. The third-order valence-electron chi connectivity index (χ3n) is 3.94. The lowest BCUT2D eigenvalue weighted by molar-refractivity contribution is -0.117. The van der Waals surface area contributed by atoms with Gasteiger partial charge < -0.3 is 4.74 Å². The standard InChI is InChI=1S/C20H19ClN4O3S/c1-3-28-20(27)22-17(26)12-29-19-24-23-18(14-8-10-15(21)11-9-14)25(19)16-7-5-4-6-13(16)2/h4-11H,3,12H2,1-2H3,(H,22,26,27). The van der Waals surface area contributed by atoms with Crippen LogP contribution in [0.5, 0.6) is 0 Å². The number of hydrogen-bond donors (Lipinski definition) is 1. The Kier molecular flexibility index (Phi) is 6.90. The van der Waals surface area contributed by atoms with Crippen LogP contribution in [0.4, 0.5) is 4.79 Å². The zero-order valence-electron chi connectivity index (χ0n) is 15.9. The van der Waals surface area contributed by atoms with Gasteiger partial charge in [0.25, 0.3) is 0 Å². The fourth-order valence-corrected chi connectivity index (χ4v) is 3.50. The Morgan fingerprint density at radius 1 is 1.14 bits per heavy atom. The van der Waals surface area contributed by atoms with Crippen LogP contribution in [0.2, 0.25) is 5.02 Å². The molecule has 29 heavy (non-hydrogen) atoms. The normalized spacial score (nSPS) is 10.6. The largest absolute Gasteiger partial charge is 0.450 e. The quantitative estimate of drug-likeness (QED) is 0.588. The predicted octanol–water partition coefficient (Wildman–Crippen LogP) is 4.26. The number of para-hydroxylation sites is 1. The summed E-state index contributed by atoms with van der Waals surface area (Å²) in [6.07, 6.45) is -0.764. The van der Waals surface area contributed by atoms with E-state index in [1.165, 1.54) is 11.8 Å². The summed E-state index contributed by atoms with van der Waals surface area (Å²) in [6.45, 7) is 3.85. The second-order valence-corrected chi connectivity index (χ2v) is 7.37. The summed E-state index contributed by atoms with van der Waals surface area (Å²) in [4.78, 5) is 23.4. The Balaban J connectivity index is 1.91. The van der Waals surface area contributed by atoms with Gasteiger partial charge in [0.2, 0.25) is 5.91 Å². The number of carbonyl (C=O) groups excluding carboxylic acids is 2. The highest BCUT2D eigenvalue weighted by Gasteiger charge is 2.19. The molecule has 2 aromatic carbocycles. The summed E-state index contributed by atoms with van der Waals surface area (Å²) < 4.78 is 6.61. The van der Waals surface area contributed by atoms with Crippen molar-refractivity contribution >= 4 is 35.4 Å². The number of carbonyl (C=O) groups is 2. The van der Waals surface area contributed by atoms with Gasteiger partial charge in [0.15, 0.2) is 11.0 Å². The molecule has 3 aromatic rings. The average molecular weight is 431 g/mol. The Bertz CT molecular complexity index is 1020. The second kappa shape index (κ2) is 9.58. The number of nitrogens with one attached hydrogen (secondary N) is 1. The first-order valence-corrected chi connectivity index (χ1v) is 10.2. The van der Waals surface area contributed by atoms with Crippen molar-refractivity contribution in [3.8, 4) is 17.1 Å². The number of alkyl carbamates (subject to hydrolysis) is 1. The first-order valence-electron chi connectivity index (χ1n) is 8.86. The van der Waals surface area contributed by atoms with E-state index in [1.807, 2.05) is 47.9 Å². The molecule has 0 atom stereocenters. The maximum atomic E-state index is 12.0. The van der Waals surface area contributed by atoms with Gasteiger partial charge in [0.1, 0.15) is 0 Å². The van der Waals surface area contributed by atoms with Crippen molar-refractivity contribution < 1.29 is 14.3 Å².